The highest BCUT2D eigenvalue weighted by Gasteiger charge is 2.39. The Morgan fingerprint density at radius 2 is 2.06 bits per heavy atom. The Labute approximate surface area is 176 Å². The predicted molar refractivity (Wildman–Crippen MR) is 111 cm³/mol. The van der Waals surface area contributed by atoms with Crippen molar-refractivity contribution in [2.45, 2.75) is 32.4 Å². The molecule has 2 aliphatic rings. The number of rotatable bonds is 3. The molecule has 156 valence electrons. The minimum atomic E-state index is -0.668. The van der Waals surface area contributed by atoms with Crippen LogP contribution in [0.15, 0.2) is 36.7 Å². The third-order valence-corrected chi connectivity index (χ3v) is 5.78. The maximum atomic E-state index is 12.8. The van der Waals surface area contributed by atoms with Crippen molar-refractivity contribution in [2.24, 2.45) is 0 Å². The second-order valence-electron chi connectivity index (χ2n) is 7.82. The number of imide groups is 1. The molecule has 1 saturated heterocycles. The van der Waals surface area contributed by atoms with Crippen molar-refractivity contribution in [1.82, 2.24) is 20.2 Å². The van der Waals surface area contributed by atoms with E-state index in [0.29, 0.717) is 23.2 Å². The number of carbonyl (C=O) groups is 4. The first-order valence-electron chi connectivity index (χ1n) is 9.93. The van der Waals surface area contributed by atoms with Gasteiger partial charge in [0.15, 0.2) is 0 Å². The van der Waals surface area contributed by atoms with E-state index < -0.39 is 11.9 Å². The number of H-pyrrole nitrogens is 1. The number of fused-ring (bicyclic) bond motifs is 2. The number of amides is 4. The van der Waals surface area contributed by atoms with Crippen LogP contribution >= 0.6 is 0 Å². The van der Waals surface area contributed by atoms with E-state index in [-0.39, 0.29) is 30.7 Å². The van der Waals surface area contributed by atoms with E-state index in [0.717, 1.165) is 22.2 Å². The Hall–Kier alpha value is -4.01. The van der Waals surface area contributed by atoms with Crippen molar-refractivity contribution >= 4 is 40.3 Å². The van der Waals surface area contributed by atoms with E-state index in [4.69, 9.17) is 0 Å². The number of hydrogen-bond donors (Lipinski definition) is 3. The molecule has 3 N–H and O–H groups in total. The van der Waals surface area contributed by atoms with E-state index in [1.165, 1.54) is 11.1 Å². The van der Waals surface area contributed by atoms with Crippen molar-refractivity contribution < 1.29 is 19.2 Å². The van der Waals surface area contributed by atoms with Gasteiger partial charge in [0.25, 0.3) is 11.8 Å². The molecule has 1 atom stereocenters. The SMILES string of the molecule is Cc1c[nH]c2ncc(C(=O)Nc3ccc4c(c3)CN([C@H]3CCC(=O)NC3=O)C4=O)cc12. The molecule has 2 aromatic heterocycles. The lowest BCUT2D eigenvalue weighted by Gasteiger charge is -2.29. The fourth-order valence-corrected chi connectivity index (χ4v) is 4.11. The molecule has 4 heterocycles. The van der Waals surface area contributed by atoms with Gasteiger partial charge < -0.3 is 15.2 Å². The molecular formula is C22H19N5O4. The summed E-state index contributed by atoms with van der Waals surface area (Å²) in [7, 11) is 0. The molecule has 0 bridgehead atoms. The van der Waals surface area contributed by atoms with Crippen LogP contribution in [0.25, 0.3) is 11.0 Å². The highest BCUT2D eigenvalue weighted by Crippen LogP contribution is 2.29. The number of hydrogen-bond acceptors (Lipinski definition) is 5. The molecule has 0 spiro atoms. The zero-order valence-corrected chi connectivity index (χ0v) is 16.7. The van der Waals surface area contributed by atoms with Crippen LogP contribution in [0, 0.1) is 6.92 Å². The van der Waals surface area contributed by atoms with E-state index in [1.807, 2.05) is 13.1 Å². The average Bonchev–Trinajstić information content (AvgIpc) is 3.27. The van der Waals surface area contributed by atoms with Gasteiger partial charge in [0.05, 0.1) is 5.56 Å². The van der Waals surface area contributed by atoms with Crippen LogP contribution in [0.1, 0.15) is 44.7 Å². The number of benzene rings is 1. The number of carbonyl (C=O) groups excluding carboxylic acids is 4. The molecule has 3 aromatic rings. The number of pyridine rings is 1. The molecule has 9 nitrogen and oxygen atoms in total. The lowest BCUT2D eigenvalue weighted by atomic mass is 10.0. The Bertz CT molecular complexity index is 1280. The molecule has 9 heteroatoms. The van der Waals surface area contributed by atoms with Crippen molar-refractivity contribution in [1.29, 1.82) is 0 Å². The smallest absolute Gasteiger partial charge is 0.257 e. The van der Waals surface area contributed by atoms with Crippen LogP contribution in [0.5, 0.6) is 0 Å². The molecule has 1 aromatic carbocycles. The van der Waals surface area contributed by atoms with Crippen LogP contribution in [0.3, 0.4) is 0 Å². The quantitative estimate of drug-likeness (QED) is 0.562. The zero-order chi connectivity index (χ0) is 21.7. The first-order chi connectivity index (χ1) is 14.9. The normalized spacial score (nSPS) is 18.3. The molecule has 0 aliphatic carbocycles. The van der Waals surface area contributed by atoms with Crippen molar-refractivity contribution in [2.75, 3.05) is 5.32 Å². The number of aromatic amines is 1. The third-order valence-electron chi connectivity index (χ3n) is 5.78. The van der Waals surface area contributed by atoms with Gasteiger partial charge in [-0.3, -0.25) is 24.5 Å². The van der Waals surface area contributed by atoms with Gasteiger partial charge >= 0.3 is 0 Å². The fraction of sp³-hybridized carbons (Fsp3) is 0.227. The monoisotopic (exact) mass is 417 g/mol. The number of anilines is 1. The van der Waals surface area contributed by atoms with E-state index >= 15 is 0 Å². The van der Waals surface area contributed by atoms with Crippen LogP contribution in [0.4, 0.5) is 5.69 Å². The first kappa shape index (κ1) is 19.0. The Morgan fingerprint density at radius 1 is 1.23 bits per heavy atom. The molecule has 0 saturated carbocycles. The Kier molecular flexibility index (Phi) is 4.32. The van der Waals surface area contributed by atoms with Gasteiger partial charge in [-0.1, -0.05) is 0 Å². The van der Waals surface area contributed by atoms with Crippen LogP contribution in [-0.2, 0) is 16.1 Å². The van der Waals surface area contributed by atoms with E-state index in [9.17, 15) is 19.2 Å². The zero-order valence-electron chi connectivity index (χ0n) is 16.7. The highest BCUT2D eigenvalue weighted by atomic mass is 16.2. The Morgan fingerprint density at radius 3 is 2.87 bits per heavy atom. The molecular weight excluding hydrogens is 398 g/mol. The minimum Gasteiger partial charge on any atom is -0.346 e. The van der Waals surface area contributed by atoms with Gasteiger partial charge in [0.1, 0.15) is 11.7 Å². The summed E-state index contributed by atoms with van der Waals surface area (Å²) in [6.45, 7) is 2.19. The summed E-state index contributed by atoms with van der Waals surface area (Å²) in [6.07, 6.45) is 3.86. The summed E-state index contributed by atoms with van der Waals surface area (Å²) in [5.74, 6) is -1.33. The number of aromatic nitrogens is 2. The molecule has 1 fully saturated rings. The summed E-state index contributed by atoms with van der Waals surface area (Å²) >= 11 is 0. The highest BCUT2D eigenvalue weighted by molar-refractivity contribution is 6.07. The molecule has 31 heavy (non-hydrogen) atoms. The maximum absolute atomic E-state index is 12.8. The number of nitrogens with one attached hydrogen (secondary N) is 3. The van der Waals surface area contributed by atoms with Crippen LogP contribution < -0.4 is 10.6 Å². The van der Waals surface area contributed by atoms with Gasteiger partial charge in [-0.25, -0.2) is 4.98 Å². The molecule has 2 aliphatic heterocycles. The van der Waals surface area contributed by atoms with Gasteiger partial charge in [-0.05, 0) is 48.7 Å². The second-order valence-corrected chi connectivity index (χ2v) is 7.82. The Balaban J connectivity index is 1.35. The number of aryl methyl sites for hydroxylation is 1. The average molecular weight is 417 g/mol. The largest absolute Gasteiger partial charge is 0.346 e. The predicted octanol–water partition coefficient (Wildman–Crippen LogP) is 1.88. The summed E-state index contributed by atoms with van der Waals surface area (Å²) in [5, 5.41) is 6.01. The number of nitrogens with zero attached hydrogens (tertiary/aromatic N) is 2. The van der Waals surface area contributed by atoms with Gasteiger partial charge in [-0.15, -0.1) is 0 Å². The van der Waals surface area contributed by atoms with Gasteiger partial charge in [0, 0.05) is 42.0 Å². The van der Waals surface area contributed by atoms with E-state index in [1.54, 1.807) is 24.3 Å². The van der Waals surface area contributed by atoms with Crippen molar-refractivity contribution in [3.05, 3.63) is 58.9 Å². The van der Waals surface area contributed by atoms with Crippen molar-refractivity contribution in [3.8, 4) is 0 Å². The summed E-state index contributed by atoms with van der Waals surface area (Å²) in [6, 6.07) is 6.17. The summed E-state index contributed by atoms with van der Waals surface area (Å²) in [5.41, 5.74) is 3.92. The lowest BCUT2D eigenvalue weighted by molar-refractivity contribution is -0.136. The van der Waals surface area contributed by atoms with Gasteiger partial charge in [-0.2, -0.15) is 0 Å². The fourth-order valence-electron chi connectivity index (χ4n) is 4.11. The molecule has 4 amide bonds. The first-order valence-corrected chi connectivity index (χ1v) is 9.93. The molecule has 0 radical (unpaired) electrons. The molecule has 0 unspecified atom stereocenters. The molecule has 5 rings (SSSR count). The van der Waals surface area contributed by atoms with Gasteiger partial charge in [0.2, 0.25) is 11.8 Å². The topological polar surface area (TPSA) is 124 Å². The van der Waals surface area contributed by atoms with E-state index in [2.05, 4.69) is 20.6 Å². The van der Waals surface area contributed by atoms with Crippen LogP contribution in [0.2, 0.25) is 0 Å². The second kappa shape index (κ2) is 7.05. The maximum Gasteiger partial charge on any atom is 0.257 e. The lowest BCUT2D eigenvalue weighted by Crippen LogP contribution is -2.52. The number of piperidine rings is 1. The van der Waals surface area contributed by atoms with Crippen LogP contribution in [-0.4, -0.2) is 44.5 Å². The standard InChI is InChI=1S/C22H19N5O4/c1-11-8-23-19-16(11)7-12(9-24-19)20(29)25-14-2-3-15-13(6-14)10-27(22(15)31)17-4-5-18(28)26-21(17)30/h2-3,6-9,17H,4-5,10H2,1H3,(H,23,24)(H,25,29)(H,26,28,30)/t17-/m0/s1. The minimum absolute atomic E-state index is 0.205. The third kappa shape index (κ3) is 3.24. The summed E-state index contributed by atoms with van der Waals surface area (Å²) in [4.78, 5) is 57.8. The van der Waals surface area contributed by atoms with Crippen molar-refractivity contribution in [3.63, 3.8) is 0 Å². The summed E-state index contributed by atoms with van der Waals surface area (Å²) < 4.78 is 0.